The first kappa shape index (κ1) is 18.5. The molecule has 7 heteroatoms. The lowest BCUT2D eigenvalue weighted by Gasteiger charge is -2.16. The molecule has 1 aromatic heterocycles. The molecule has 24 heavy (non-hydrogen) atoms. The lowest BCUT2D eigenvalue weighted by Crippen LogP contribution is -2.31. The third-order valence-corrected chi connectivity index (χ3v) is 4.70. The van der Waals surface area contributed by atoms with Gasteiger partial charge < -0.3 is 10.1 Å². The van der Waals surface area contributed by atoms with Gasteiger partial charge in [0.05, 0.1) is 11.6 Å². The molecule has 0 aliphatic carbocycles. The Morgan fingerprint density at radius 3 is 2.75 bits per heavy atom. The average molecular weight is 409 g/mol. The van der Waals surface area contributed by atoms with Gasteiger partial charge in [-0.25, -0.2) is 9.78 Å². The first-order valence-corrected chi connectivity index (χ1v) is 9.24. The van der Waals surface area contributed by atoms with Gasteiger partial charge in [-0.3, -0.25) is 4.79 Å². The minimum Gasteiger partial charge on any atom is -0.452 e. The molecule has 0 aliphatic heterocycles. The van der Waals surface area contributed by atoms with Crippen LogP contribution in [0.1, 0.15) is 28.9 Å². The van der Waals surface area contributed by atoms with Crippen LogP contribution in [0, 0.1) is 0 Å². The smallest absolute Gasteiger partial charge is 0.341 e. The van der Waals surface area contributed by atoms with Crippen LogP contribution >= 0.6 is 27.7 Å². The fourth-order valence-corrected chi connectivity index (χ4v) is 3.27. The molecule has 0 saturated heterocycles. The average Bonchev–Trinajstić information content (AvgIpc) is 2.59. The lowest BCUT2D eigenvalue weighted by atomic mass is 10.1. The highest BCUT2D eigenvalue weighted by Crippen LogP contribution is 2.22. The number of thioether (sulfide) groups is 1. The zero-order chi connectivity index (χ0) is 17.5. The van der Waals surface area contributed by atoms with Crippen molar-refractivity contribution >= 4 is 39.6 Å². The fourth-order valence-electron chi connectivity index (χ4n) is 2.10. The lowest BCUT2D eigenvalue weighted by molar-refractivity contribution is -0.124. The van der Waals surface area contributed by atoms with E-state index in [0.717, 1.165) is 10.0 Å². The molecule has 0 aliphatic rings. The van der Waals surface area contributed by atoms with Gasteiger partial charge in [-0.05, 0) is 36.9 Å². The number of carbonyl (C=O) groups excluding carboxylic acids is 2. The van der Waals surface area contributed by atoms with Gasteiger partial charge in [0.2, 0.25) is 0 Å². The van der Waals surface area contributed by atoms with E-state index in [1.807, 2.05) is 37.4 Å². The van der Waals surface area contributed by atoms with Gasteiger partial charge >= 0.3 is 5.97 Å². The highest BCUT2D eigenvalue weighted by atomic mass is 79.9. The predicted molar refractivity (Wildman–Crippen MR) is 97.0 cm³/mol. The number of rotatable bonds is 6. The van der Waals surface area contributed by atoms with Crippen molar-refractivity contribution in [3.8, 4) is 0 Å². The van der Waals surface area contributed by atoms with Crippen molar-refractivity contribution in [3.63, 3.8) is 0 Å². The molecule has 0 unspecified atom stereocenters. The van der Waals surface area contributed by atoms with Gasteiger partial charge in [0.15, 0.2) is 6.61 Å². The van der Waals surface area contributed by atoms with Gasteiger partial charge in [0, 0.05) is 10.7 Å². The summed E-state index contributed by atoms with van der Waals surface area (Å²) >= 11 is 4.80. The van der Waals surface area contributed by atoms with Crippen LogP contribution in [0.3, 0.4) is 0 Å². The zero-order valence-electron chi connectivity index (χ0n) is 13.3. The maximum atomic E-state index is 12.1. The van der Waals surface area contributed by atoms with Crippen LogP contribution in [-0.4, -0.2) is 29.7 Å². The topological polar surface area (TPSA) is 68.3 Å². The number of carbonyl (C=O) groups is 2. The molecule has 0 bridgehead atoms. The van der Waals surface area contributed by atoms with Gasteiger partial charge in [0.25, 0.3) is 5.91 Å². The summed E-state index contributed by atoms with van der Waals surface area (Å²) < 4.78 is 6.00. The SMILES string of the molecule is CSc1ncccc1C(=O)OCC(=O)N[C@H](C)c1ccccc1Br. The number of esters is 1. The maximum Gasteiger partial charge on any atom is 0.341 e. The number of amides is 1. The molecule has 0 fully saturated rings. The minimum atomic E-state index is -0.559. The van der Waals surface area contributed by atoms with E-state index in [2.05, 4.69) is 26.2 Å². The van der Waals surface area contributed by atoms with Gasteiger partial charge in [0.1, 0.15) is 5.03 Å². The van der Waals surface area contributed by atoms with E-state index in [0.29, 0.717) is 10.6 Å². The first-order chi connectivity index (χ1) is 11.5. The summed E-state index contributed by atoms with van der Waals surface area (Å²) in [5, 5.41) is 3.38. The normalized spacial score (nSPS) is 11.6. The Kier molecular flexibility index (Phi) is 6.81. The molecule has 5 nitrogen and oxygen atoms in total. The number of pyridine rings is 1. The Morgan fingerprint density at radius 1 is 1.29 bits per heavy atom. The molecule has 126 valence electrons. The molecule has 1 aromatic carbocycles. The molecule has 0 saturated carbocycles. The first-order valence-electron chi connectivity index (χ1n) is 7.23. The van der Waals surface area contributed by atoms with E-state index < -0.39 is 5.97 Å². The van der Waals surface area contributed by atoms with Gasteiger partial charge in [-0.1, -0.05) is 34.1 Å². The summed E-state index contributed by atoms with van der Waals surface area (Å²) in [7, 11) is 0. The van der Waals surface area contributed by atoms with Crippen molar-refractivity contribution in [2.45, 2.75) is 18.0 Å². The summed E-state index contributed by atoms with van der Waals surface area (Å²) in [6, 6.07) is 10.7. The van der Waals surface area contributed by atoms with Crippen LogP contribution in [0.15, 0.2) is 52.1 Å². The van der Waals surface area contributed by atoms with Crippen molar-refractivity contribution < 1.29 is 14.3 Å². The Hall–Kier alpha value is -1.86. The van der Waals surface area contributed by atoms with E-state index in [-0.39, 0.29) is 18.6 Å². The second kappa shape index (κ2) is 8.84. The second-order valence-corrected chi connectivity index (χ2v) is 6.60. The molecule has 0 spiro atoms. The maximum absolute atomic E-state index is 12.1. The van der Waals surface area contributed by atoms with E-state index in [9.17, 15) is 9.59 Å². The number of benzene rings is 1. The minimum absolute atomic E-state index is 0.202. The van der Waals surface area contributed by atoms with Crippen LogP contribution in [0.25, 0.3) is 0 Å². The Balaban J connectivity index is 1.91. The second-order valence-electron chi connectivity index (χ2n) is 4.95. The van der Waals surface area contributed by atoms with E-state index in [1.54, 1.807) is 18.3 Å². The highest BCUT2D eigenvalue weighted by molar-refractivity contribution is 9.10. The third kappa shape index (κ3) is 4.82. The molecule has 2 rings (SSSR count). The van der Waals surface area contributed by atoms with Gasteiger partial charge in [-0.2, -0.15) is 0 Å². The quantitative estimate of drug-likeness (QED) is 0.583. The van der Waals surface area contributed by atoms with Crippen molar-refractivity contribution in [3.05, 3.63) is 58.2 Å². The van der Waals surface area contributed by atoms with E-state index >= 15 is 0 Å². The number of ether oxygens (including phenoxy) is 1. The van der Waals surface area contributed by atoms with Gasteiger partial charge in [-0.15, -0.1) is 11.8 Å². The largest absolute Gasteiger partial charge is 0.452 e. The standard InChI is InChI=1S/C17H17BrN2O3S/c1-11(12-6-3-4-8-14(12)18)20-15(21)10-23-17(22)13-7-5-9-19-16(13)24-2/h3-9,11H,10H2,1-2H3,(H,20,21)/t11-/m1/s1. The fraction of sp³-hybridized carbons (Fsp3) is 0.235. The van der Waals surface area contributed by atoms with Crippen LogP contribution in [0.4, 0.5) is 0 Å². The van der Waals surface area contributed by atoms with E-state index in [4.69, 9.17) is 4.74 Å². The summed E-state index contributed by atoms with van der Waals surface area (Å²) in [5.74, 6) is -0.919. The third-order valence-electron chi connectivity index (χ3n) is 3.27. The monoisotopic (exact) mass is 408 g/mol. The van der Waals surface area contributed by atoms with Crippen LogP contribution in [0.5, 0.6) is 0 Å². The molecule has 1 atom stereocenters. The number of hydrogen-bond acceptors (Lipinski definition) is 5. The molecule has 1 heterocycles. The molecule has 1 amide bonds. The summed E-state index contributed by atoms with van der Waals surface area (Å²) in [5.41, 5.74) is 1.31. The van der Waals surface area contributed by atoms with E-state index in [1.165, 1.54) is 11.8 Å². The Morgan fingerprint density at radius 2 is 2.04 bits per heavy atom. The van der Waals surface area contributed by atoms with Crippen molar-refractivity contribution in [2.24, 2.45) is 0 Å². The zero-order valence-corrected chi connectivity index (χ0v) is 15.7. The van der Waals surface area contributed by atoms with Crippen molar-refractivity contribution in [1.29, 1.82) is 0 Å². The Labute approximate surface area is 153 Å². The molecular weight excluding hydrogens is 392 g/mol. The summed E-state index contributed by atoms with van der Waals surface area (Å²) in [4.78, 5) is 28.2. The molecule has 0 radical (unpaired) electrons. The highest BCUT2D eigenvalue weighted by Gasteiger charge is 2.16. The van der Waals surface area contributed by atoms with Crippen LogP contribution in [0.2, 0.25) is 0 Å². The van der Waals surface area contributed by atoms with Crippen LogP contribution in [-0.2, 0) is 9.53 Å². The Bertz CT molecular complexity index is 739. The summed E-state index contributed by atoms with van der Waals surface area (Å²) in [6.45, 7) is 1.53. The number of halogens is 1. The number of hydrogen-bond donors (Lipinski definition) is 1. The molecule has 2 aromatic rings. The number of nitrogens with one attached hydrogen (secondary N) is 1. The number of nitrogens with zero attached hydrogens (tertiary/aromatic N) is 1. The number of aromatic nitrogens is 1. The van der Waals surface area contributed by atoms with Crippen molar-refractivity contribution in [2.75, 3.05) is 12.9 Å². The molecule has 1 N–H and O–H groups in total. The summed E-state index contributed by atoms with van der Waals surface area (Å²) in [6.07, 6.45) is 3.43. The van der Waals surface area contributed by atoms with Crippen LogP contribution < -0.4 is 5.32 Å². The van der Waals surface area contributed by atoms with Crippen molar-refractivity contribution in [1.82, 2.24) is 10.3 Å². The molecular formula is C17H17BrN2O3S. The predicted octanol–water partition coefficient (Wildman–Crippen LogP) is 3.60.